The van der Waals surface area contributed by atoms with Gasteiger partial charge in [-0.2, -0.15) is 0 Å². The van der Waals surface area contributed by atoms with Crippen molar-refractivity contribution in [1.29, 1.82) is 0 Å². The Morgan fingerprint density at radius 2 is 2.03 bits per heavy atom. The topological polar surface area (TPSA) is 79.0 Å². The minimum absolute atomic E-state index is 0.000403. The summed E-state index contributed by atoms with van der Waals surface area (Å²) < 4.78 is 31.0. The van der Waals surface area contributed by atoms with Crippen molar-refractivity contribution in [3.05, 3.63) is 23.8 Å². The lowest BCUT2D eigenvalue weighted by Crippen LogP contribution is -2.59. The van der Waals surface area contributed by atoms with Crippen LogP contribution in [0.5, 0.6) is 0 Å². The molecule has 1 fully saturated rings. The molecule has 0 aromatic heterocycles. The number of carbonyl (C=O) groups excluding carboxylic acids is 1. The van der Waals surface area contributed by atoms with Crippen molar-refractivity contribution in [2.75, 3.05) is 50.5 Å². The fraction of sp³-hybridized carbons (Fsp3) is 0.696. The Kier molecular flexibility index (Phi) is 7.15. The highest BCUT2D eigenvalue weighted by Gasteiger charge is 2.40. The first-order valence-electron chi connectivity index (χ1n) is 11.1. The van der Waals surface area contributed by atoms with Gasteiger partial charge < -0.3 is 15.0 Å². The molecule has 2 aliphatic rings. The largest absolute Gasteiger partial charge is 0.383 e. The zero-order valence-electron chi connectivity index (χ0n) is 19.6. The number of nitrogens with zero attached hydrogens (tertiary/aromatic N) is 2. The number of hydrogen-bond acceptors (Lipinski definition) is 6. The van der Waals surface area contributed by atoms with Crippen LogP contribution in [0.4, 0.5) is 5.69 Å². The molecule has 0 unspecified atom stereocenters. The first-order chi connectivity index (χ1) is 14.4. The number of fused-ring (bicyclic) bond motifs is 1. The van der Waals surface area contributed by atoms with Gasteiger partial charge in [0.25, 0.3) is 0 Å². The highest BCUT2D eigenvalue weighted by Crippen LogP contribution is 2.42. The summed E-state index contributed by atoms with van der Waals surface area (Å²) in [4.78, 5) is 17.7. The maximum atomic E-state index is 13.4. The molecule has 7 nitrogen and oxygen atoms in total. The van der Waals surface area contributed by atoms with E-state index in [0.717, 1.165) is 24.3 Å². The third kappa shape index (κ3) is 5.30. The van der Waals surface area contributed by atoms with Gasteiger partial charge in [0.1, 0.15) is 0 Å². The van der Waals surface area contributed by atoms with Crippen LogP contribution in [0.25, 0.3) is 0 Å². The smallest absolute Gasteiger partial charge is 0.241 e. The van der Waals surface area contributed by atoms with Crippen LogP contribution in [0.2, 0.25) is 0 Å². The second kappa shape index (κ2) is 9.17. The number of nitrogens with one attached hydrogen (secondary N) is 1. The number of sulfone groups is 1. The number of hydrogen-bond donors (Lipinski definition) is 1. The Morgan fingerprint density at radius 1 is 1.32 bits per heavy atom. The Morgan fingerprint density at radius 3 is 2.68 bits per heavy atom. The maximum Gasteiger partial charge on any atom is 0.241 e. The molecule has 1 aromatic rings. The first-order valence-corrected chi connectivity index (χ1v) is 12.7. The number of amides is 1. The fourth-order valence-electron chi connectivity index (χ4n) is 4.66. The van der Waals surface area contributed by atoms with E-state index in [1.165, 1.54) is 0 Å². The molecule has 8 heteroatoms. The Hall–Kier alpha value is -1.48. The molecular formula is C23H37N3O4S. The van der Waals surface area contributed by atoms with Crippen LogP contribution in [-0.2, 0) is 24.8 Å². The standard InChI is InChI=1S/C23H37N3O4S/c1-16(2)14-31(28,29)19-7-8-20-21(9-19)26(15-23(20,4)5)22(27)12-25-11-17(3)24-10-18(25)13-30-6/h7-9,16-18,24H,10-15H2,1-6H3/t17-,18-/m1/s1. The molecule has 174 valence electrons. The van der Waals surface area contributed by atoms with Crippen LogP contribution in [0.3, 0.4) is 0 Å². The summed E-state index contributed by atoms with van der Waals surface area (Å²) in [7, 11) is -1.71. The lowest BCUT2D eigenvalue weighted by atomic mass is 9.87. The molecule has 31 heavy (non-hydrogen) atoms. The molecule has 0 aliphatic carbocycles. The quantitative estimate of drug-likeness (QED) is 0.684. The van der Waals surface area contributed by atoms with Gasteiger partial charge in [-0.3, -0.25) is 9.69 Å². The van der Waals surface area contributed by atoms with Gasteiger partial charge in [-0.05, 0) is 30.5 Å². The van der Waals surface area contributed by atoms with Crippen LogP contribution < -0.4 is 10.2 Å². The van der Waals surface area contributed by atoms with Crippen molar-refractivity contribution >= 4 is 21.4 Å². The second-order valence-electron chi connectivity index (χ2n) is 10.1. The second-order valence-corrected chi connectivity index (χ2v) is 12.1. The molecule has 1 aromatic carbocycles. The molecule has 3 rings (SSSR count). The molecule has 2 atom stereocenters. The number of carbonyl (C=O) groups is 1. The van der Waals surface area contributed by atoms with E-state index < -0.39 is 9.84 Å². The van der Waals surface area contributed by atoms with Crippen molar-refractivity contribution in [3.8, 4) is 0 Å². The third-order valence-electron chi connectivity index (χ3n) is 6.18. The minimum Gasteiger partial charge on any atom is -0.383 e. The van der Waals surface area contributed by atoms with Crippen LogP contribution >= 0.6 is 0 Å². The van der Waals surface area contributed by atoms with Gasteiger partial charge in [0.05, 0.1) is 23.8 Å². The molecule has 1 amide bonds. The Balaban J connectivity index is 1.88. The molecule has 0 saturated carbocycles. The molecule has 1 saturated heterocycles. The molecule has 1 N–H and O–H groups in total. The zero-order valence-corrected chi connectivity index (χ0v) is 20.5. The van der Waals surface area contributed by atoms with Gasteiger partial charge >= 0.3 is 0 Å². The van der Waals surface area contributed by atoms with E-state index in [1.807, 2.05) is 19.9 Å². The summed E-state index contributed by atoms with van der Waals surface area (Å²) >= 11 is 0. The third-order valence-corrected chi connectivity index (χ3v) is 8.26. The number of anilines is 1. The van der Waals surface area contributed by atoms with E-state index >= 15 is 0 Å². The number of piperazine rings is 1. The van der Waals surface area contributed by atoms with Gasteiger partial charge in [-0.15, -0.1) is 0 Å². The zero-order chi connectivity index (χ0) is 23.0. The summed E-state index contributed by atoms with van der Waals surface area (Å²) in [5, 5.41) is 3.44. The lowest BCUT2D eigenvalue weighted by Gasteiger charge is -2.39. The van der Waals surface area contributed by atoms with E-state index in [-0.39, 0.29) is 29.0 Å². The molecular weight excluding hydrogens is 414 g/mol. The van der Waals surface area contributed by atoms with Gasteiger partial charge in [0.2, 0.25) is 5.91 Å². The van der Waals surface area contributed by atoms with E-state index in [9.17, 15) is 13.2 Å². The SMILES string of the molecule is COC[C@H]1CN[C@H](C)CN1CC(=O)N1CC(C)(C)c2ccc(S(=O)(=O)CC(C)C)cc21. The van der Waals surface area contributed by atoms with Gasteiger partial charge in [0, 0.05) is 49.9 Å². The maximum absolute atomic E-state index is 13.4. The monoisotopic (exact) mass is 451 g/mol. The van der Waals surface area contributed by atoms with Crippen LogP contribution in [0.15, 0.2) is 23.1 Å². The van der Waals surface area contributed by atoms with Crippen LogP contribution in [0.1, 0.15) is 40.2 Å². The van der Waals surface area contributed by atoms with Crippen LogP contribution in [-0.4, -0.2) is 77.0 Å². The summed E-state index contributed by atoms with van der Waals surface area (Å²) in [5.74, 6) is 0.140. The van der Waals surface area contributed by atoms with E-state index in [1.54, 1.807) is 24.1 Å². The van der Waals surface area contributed by atoms with E-state index in [4.69, 9.17) is 4.74 Å². The predicted octanol–water partition coefficient (Wildman–Crippen LogP) is 2.05. The summed E-state index contributed by atoms with van der Waals surface area (Å²) in [6.07, 6.45) is 0. The van der Waals surface area contributed by atoms with Crippen LogP contribution in [0, 0.1) is 5.92 Å². The Bertz CT molecular complexity index is 913. The first kappa shape index (κ1) is 24.2. The van der Waals surface area contributed by atoms with E-state index in [2.05, 4.69) is 31.0 Å². The van der Waals surface area contributed by atoms with Crippen molar-refractivity contribution in [2.45, 2.75) is 57.0 Å². The summed E-state index contributed by atoms with van der Waals surface area (Å²) in [5.41, 5.74) is 1.52. The van der Waals surface area contributed by atoms with Crippen molar-refractivity contribution in [3.63, 3.8) is 0 Å². The average molecular weight is 452 g/mol. The van der Waals surface area contributed by atoms with Crippen molar-refractivity contribution < 1.29 is 17.9 Å². The number of ether oxygens (including phenoxy) is 1. The fourth-order valence-corrected chi connectivity index (χ4v) is 6.30. The highest BCUT2D eigenvalue weighted by molar-refractivity contribution is 7.91. The highest BCUT2D eigenvalue weighted by atomic mass is 32.2. The Labute approximate surface area is 187 Å². The number of rotatable bonds is 7. The van der Waals surface area contributed by atoms with Gasteiger partial charge in [-0.1, -0.05) is 33.8 Å². The molecule has 2 aliphatic heterocycles. The van der Waals surface area contributed by atoms with E-state index in [0.29, 0.717) is 30.6 Å². The summed E-state index contributed by atoms with van der Waals surface area (Å²) in [6, 6.07) is 5.72. The molecule has 2 heterocycles. The normalized spacial score (nSPS) is 23.9. The van der Waals surface area contributed by atoms with Gasteiger partial charge in [-0.25, -0.2) is 8.42 Å². The molecule has 0 radical (unpaired) electrons. The van der Waals surface area contributed by atoms with Crippen molar-refractivity contribution in [1.82, 2.24) is 10.2 Å². The number of benzene rings is 1. The van der Waals surface area contributed by atoms with Gasteiger partial charge in [0.15, 0.2) is 9.84 Å². The lowest BCUT2D eigenvalue weighted by molar-refractivity contribution is -0.121. The summed E-state index contributed by atoms with van der Waals surface area (Å²) in [6.45, 7) is 13.1. The minimum atomic E-state index is -3.39. The van der Waals surface area contributed by atoms with Crippen molar-refractivity contribution in [2.24, 2.45) is 5.92 Å². The molecule has 0 spiro atoms. The molecule has 0 bridgehead atoms. The average Bonchev–Trinajstić information content (AvgIpc) is 2.94. The number of methoxy groups -OCH3 is 1. The predicted molar refractivity (Wildman–Crippen MR) is 123 cm³/mol.